The highest BCUT2D eigenvalue weighted by atomic mass is 16.5. The zero-order valence-electron chi connectivity index (χ0n) is 18.1. The molecule has 2 heterocycles. The summed E-state index contributed by atoms with van der Waals surface area (Å²) in [5.41, 5.74) is 1.94. The van der Waals surface area contributed by atoms with E-state index >= 15 is 0 Å². The summed E-state index contributed by atoms with van der Waals surface area (Å²) >= 11 is 0. The molecule has 0 aliphatic rings. The lowest BCUT2D eigenvalue weighted by molar-refractivity contribution is -0.124. The van der Waals surface area contributed by atoms with Gasteiger partial charge in [-0.05, 0) is 51.3 Å². The summed E-state index contributed by atoms with van der Waals surface area (Å²) in [6.07, 6.45) is 3.05. The normalized spacial score (nSPS) is 11.8. The zero-order valence-corrected chi connectivity index (χ0v) is 18.1. The molecule has 1 amide bonds. The van der Waals surface area contributed by atoms with Crippen LogP contribution in [0.5, 0.6) is 0 Å². The Bertz CT molecular complexity index is 1140. The highest BCUT2D eigenvalue weighted by Gasteiger charge is 2.19. The van der Waals surface area contributed by atoms with Crippen molar-refractivity contribution in [2.75, 3.05) is 6.61 Å². The number of hydrogen-bond donors (Lipinski definition) is 1. The van der Waals surface area contributed by atoms with Crippen molar-refractivity contribution in [1.29, 1.82) is 0 Å². The lowest BCUT2D eigenvalue weighted by Crippen LogP contribution is -2.36. The molecule has 1 aromatic carbocycles. The highest BCUT2D eigenvalue weighted by molar-refractivity contribution is 5.94. The second-order valence-electron chi connectivity index (χ2n) is 7.55. The van der Waals surface area contributed by atoms with E-state index in [0.29, 0.717) is 17.6 Å². The Kier molecular flexibility index (Phi) is 7.18. The number of nitrogens with zero attached hydrogens (tertiary/aromatic N) is 2. The van der Waals surface area contributed by atoms with E-state index in [1.807, 2.05) is 51.1 Å². The molecule has 162 valence electrons. The number of rotatable bonds is 8. The Balaban J connectivity index is 1.60. The molecule has 0 unspecified atom stereocenters. The van der Waals surface area contributed by atoms with Crippen LogP contribution in [-0.4, -0.2) is 34.1 Å². The van der Waals surface area contributed by atoms with Crippen molar-refractivity contribution >= 4 is 22.9 Å². The molecule has 0 radical (unpaired) electrons. The number of carbonyl (C=O) groups excluding carboxylic acids is 2. The predicted octanol–water partition coefficient (Wildman–Crippen LogP) is 3.02. The molecule has 1 N–H and O–H groups in total. The lowest BCUT2D eigenvalue weighted by Gasteiger charge is -2.14. The average Bonchev–Trinajstić information content (AvgIpc) is 2.77. The Labute approximate surface area is 181 Å². The van der Waals surface area contributed by atoms with Crippen molar-refractivity contribution < 1.29 is 14.3 Å². The van der Waals surface area contributed by atoms with Gasteiger partial charge in [0.1, 0.15) is 11.2 Å². The molecule has 3 aromatic rings. The second-order valence-corrected chi connectivity index (χ2v) is 7.55. The van der Waals surface area contributed by atoms with Crippen molar-refractivity contribution in [3.63, 3.8) is 0 Å². The van der Waals surface area contributed by atoms with E-state index in [-0.39, 0.29) is 11.6 Å². The average molecular weight is 421 g/mol. The van der Waals surface area contributed by atoms with Gasteiger partial charge in [-0.15, -0.1) is 0 Å². The van der Waals surface area contributed by atoms with Gasteiger partial charge in [-0.25, -0.2) is 9.78 Å². The summed E-state index contributed by atoms with van der Waals surface area (Å²) in [6, 6.07) is 13.3. The number of hydrogen-bond acceptors (Lipinski definition) is 5. The largest absolute Gasteiger partial charge is 0.452 e. The number of nitrogens with one attached hydrogen (secondary N) is 1. The monoisotopic (exact) mass is 421 g/mol. The molecule has 31 heavy (non-hydrogen) atoms. The third-order valence-corrected chi connectivity index (χ3v) is 5.07. The van der Waals surface area contributed by atoms with E-state index in [9.17, 15) is 14.4 Å². The van der Waals surface area contributed by atoms with Crippen LogP contribution in [0, 0.1) is 6.92 Å². The molecule has 7 nitrogen and oxygen atoms in total. The van der Waals surface area contributed by atoms with Crippen molar-refractivity contribution in [3.05, 3.63) is 75.7 Å². The summed E-state index contributed by atoms with van der Waals surface area (Å²) < 4.78 is 6.85. The quantitative estimate of drug-likeness (QED) is 0.565. The Morgan fingerprint density at radius 3 is 2.61 bits per heavy atom. The number of esters is 1. The smallest absolute Gasteiger partial charge is 0.344 e. The lowest BCUT2D eigenvalue weighted by atomic mass is 10.1. The van der Waals surface area contributed by atoms with Gasteiger partial charge in [0.2, 0.25) is 5.43 Å². The van der Waals surface area contributed by atoms with Crippen LogP contribution in [-0.2, 0) is 22.5 Å². The Morgan fingerprint density at radius 2 is 1.90 bits per heavy atom. The first-order valence-corrected chi connectivity index (χ1v) is 10.4. The van der Waals surface area contributed by atoms with E-state index in [4.69, 9.17) is 4.74 Å². The zero-order chi connectivity index (χ0) is 22.4. The Morgan fingerprint density at radius 1 is 1.16 bits per heavy atom. The van der Waals surface area contributed by atoms with E-state index in [1.54, 1.807) is 16.7 Å². The maximum absolute atomic E-state index is 12.7. The minimum Gasteiger partial charge on any atom is -0.452 e. The summed E-state index contributed by atoms with van der Waals surface area (Å²) in [6.45, 7) is 5.73. The number of amides is 1. The predicted molar refractivity (Wildman–Crippen MR) is 119 cm³/mol. The van der Waals surface area contributed by atoms with E-state index in [0.717, 1.165) is 18.5 Å². The molecule has 3 rings (SSSR count). The molecule has 1 atom stereocenters. The number of aryl methyl sites for hydroxylation is 3. The van der Waals surface area contributed by atoms with Gasteiger partial charge in [0.05, 0.1) is 5.39 Å². The number of benzene rings is 1. The summed E-state index contributed by atoms with van der Waals surface area (Å²) in [5.74, 6) is -1.22. The van der Waals surface area contributed by atoms with Gasteiger partial charge in [-0.2, -0.15) is 0 Å². The number of fused-ring (bicyclic) bond motifs is 1. The number of aromatic nitrogens is 2. The molecule has 2 aromatic heterocycles. The van der Waals surface area contributed by atoms with Crippen LogP contribution in [0.1, 0.15) is 41.9 Å². The van der Waals surface area contributed by atoms with Gasteiger partial charge >= 0.3 is 5.97 Å². The van der Waals surface area contributed by atoms with Crippen LogP contribution in [0.3, 0.4) is 0 Å². The maximum atomic E-state index is 12.7. The van der Waals surface area contributed by atoms with Gasteiger partial charge in [-0.3, -0.25) is 9.59 Å². The van der Waals surface area contributed by atoms with Crippen LogP contribution in [0.4, 0.5) is 0 Å². The Hall–Kier alpha value is -3.48. The molecular formula is C24H27N3O4. The van der Waals surface area contributed by atoms with E-state index in [1.165, 1.54) is 11.8 Å². The maximum Gasteiger partial charge on any atom is 0.344 e. The molecule has 0 aliphatic heterocycles. The summed E-state index contributed by atoms with van der Waals surface area (Å²) in [5, 5.41) is 3.17. The van der Waals surface area contributed by atoms with Crippen molar-refractivity contribution in [2.24, 2.45) is 0 Å². The fourth-order valence-electron chi connectivity index (χ4n) is 3.37. The third-order valence-electron chi connectivity index (χ3n) is 5.07. The van der Waals surface area contributed by atoms with Crippen LogP contribution in [0.2, 0.25) is 0 Å². The van der Waals surface area contributed by atoms with Gasteiger partial charge in [0.15, 0.2) is 6.61 Å². The molecule has 0 spiro atoms. The number of pyridine rings is 2. The number of carbonyl (C=O) groups is 2. The summed E-state index contributed by atoms with van der Waals surface area (Å²) in [4.78, 5) is 41.8. The first-order chi connectivity index (χ1) is 14.9. The fraction of sp³-hybridized carbons (Fsp3) is 0.333. The van der Waals surface area contributed by atoms with Gasteiger partial charge in [0, 0.05) is 24.5 Å². The van der Waals surface area contributed by atoms with Crippen LogP contribution in [0.25, 0.3) is 11.0 Å². The van der Waals surface area contributed by atoms with E-state index in [2.05, 4.69) is 10.3 Å². The second kappa shape index (κ2) is 10.0. The van der Waals surface area contributed by atoms with Crippen LogP contribution >= 0.6 is 0 Å². The van der Waals surface area contributed by atoms with Gasteiger partial charge in [-0.1, -0.05) is 30.3 Å². The highest BCUT2D eigenvalue weighted by Crippen LogP contribution is 2.12. The molecule has 0 aliphatic carbocycles. The first kappa shape index (κ1) is 22.2. The van der Waals surface area contributed by atoms with Gasteiger partial charge < -0.3 is 14.6 Å². The van der Waals surface area contributed by atoms with Crippen LogP contribution in [0.15, 0.2) is 53.5 Å². The van der Waals surface area contributed by atoms with E-state index < -0.39 is 23.9 Å². The van der Waals surface area contributed by atoms with Gasteiger partial charge in [0.25, 0.3) is 5.91 Å². The van der Waals surface area contributed by atoms with Crippen molar-refractivity contribution in [2.45, 2.75) is 46.2 Å². The standard InChI is InChI=1S/C24H27N3O4/c1-4-27-14-20(22(29)19-13-11-17(3)26-23(19)27)24(30)31-15-21(28)25-16(2)10-12-18-8-6-5-7-9-18/h5-9,11,13-14,16H,4,10,12,15H2,1-3H3,(H,25,28)/t16-/m0/s1. The minimum atomic E-state index is -0.818. The molecular weight excluding hydrogens is 394 g/mol. The SMILES string of the molecule is CCn1cc(C(=O)OCC(=O)N[C@@H](C)CCc2ccccc2)c(=O)c2ccc(C)nc21. The van der Waals surface area contributed by atoms with Crippen molar-refractivity contribution in [1.82, 2.24) is 14.9 Å². The van der Waals surface area contributed by atoms with Crippen molar-refractivity contribution in [3.8, 4) is 0 Å². The molecule has 7 heteroatoms. The fourth-order valence-corrected chi connectivity index (χ4v) is 3.37. The summed E-state index contributed by atoms with van der Waals surface area (Å²) in [7, 11) is 0. The number of ether oxygens (including phenoxy) is 1. The molecule has 0 fully saturated rings. The topological polar surface area (TPSA) is 90.3 Å². The first-order valence-electron chi connectivity index (χ1n) is 10.4. The molecule has 0 saturated carbocycles. The third kappa shape index (κ3) is 5.57. The van der Waals surface area contributed by atoms with Crippen LogP contribution < -0.4 is 10.7 Å². The molecule has 0 saturated heterocycles. The minimum absolute atomic E-state index is 0.0706. The molecule has 0 bridgehead atoms.